The molecule has 1 aliphatic heterocycles. The molecular formula is C9H18F3N3. The first-order chi connectivity index (χ1) is 6.78. The lowest BCUT2D eigenvalue weighted by molar-refractivity contribution is -0.128. The first-order valence-electron chi connectivity index (χ1n) is 5.00. The predicted molar refractivity (Wildman–Crippen MR) is 52.6 cm³/mol. The van der Waals surface area contributed by atoms with Crippen LogP contribution in [0.25, 0.3) is 0 Å². The van der Waals surface area contributed by atoms with E-state index in [0.717, 1.165) is 0 Å². The van der Waals surface area contributed by atoms with Crippen molar-refractivity contribution in [2.75, 3.05) is 26.7 Å². The molecule has 15 heavy (non-hydrogen) atoms. The van der Waals surface area contributed by atoms with Gasteiger partial charge >= 0.3 is 6.18 Å². The highest BCUT2D eigenvalue weighted by Crippen LogP contribution is 2.26. The Labute approximate surface area is 87.8 Å². The van der Waals surface area contributed by atoms with Gasteiger partial charge in [0.25, 0.3) is 0 Å². The van der Waals surface area contributed by atoms with Crippen molar-refractivity contribution in [2.45, 2.75) is 31.1 Å². The Morgan fingerprint density at radius 3 is 2.47 bits per heavy atom. The monoisotopic (exact) mass is 225 g/mol. The number of likely N-dealkylation sites (N-methyl/N-ethyl adjacent to an activating group) is 1. The Balaban J connectivity index is 2.56. The van der Waals surface area contributed by atoms with Crippen molar-refractivity contribution in [3.8, 4) is 0 Å². The summed E-state index contributed by atoms with van der Waals surface area (Å²) in [6.07, 6.45) is -3.51. The number of alkyl halides is 3. The zero-order valence-corrected chi connectivity index (χ0v) is 9.06. The van der Waals surface area contributed by atoms with Gasteiger partial charge in [0, 0.05) is 24.7 Å². The van der Waals surface area contributed by atoms with Gasteiger partial charge in [-0.25, -0.2) is 0 Å². The number of hydrogen-bond acceptors (Lipinski definition) is 3. The van der Waals surface area contributed by atoms with Gasteiger partial charge in [-0.1, -0.05) is 0 Å². The van der Waals surface area contributed by atoms with Crippen LogP contribution in [0.15, 0.2) is 0 Å². The van der Waals surface area contributed by atoms with Crippen LogP contribution in [0.4, 0.5) is 13.2 Å². The van der Waals surface area contributed by atoms with Crippen molar-refractivity contribution in [3.05, 3.63) is 0 Å². The average molecular weight is 225 g/mol. The second-order valence-corrected chi connectivity index (χ2v) is 4.42. The van der Waals surface area contributed by atoms with E-state index < -0.39 is 18.3 Å². The van der Waals surface area contributed by atoms with Crippen LogP contribution in [0.5, 0.6) is 0 Å². The zero-order valence-electron chi connectivity index (χ0n) is 9.06. The van der Waals surface area contributed by atoms with Crippen LogP contribution < -0.4 is 11.1 Å². The summed E-state index contributed by atoms with van der Waals surface area (Å²) in [4.78, 5) is 2.02. The molecule has 0 aromatic carbocycles. The van der Waals surface area contributed by atoms with E-state index in [1.54, 1.807) is 0 Å². The first kappa shape index (κ1) is 12.7. The van der Waals surface area contributed by atoms with E-state index in [9.17, 15) is 13.2 Å². The van der Waals surface area contributed by atoms with Crippen LogP contribution in [0.2, 0.25) is 0 Å². The maximum absolute atomic E-state index is 12.1. The van der Waals surface area contributed by atoms with Crippen LogP contribution in [0.1, 0.15) is 13.3 Å². The molecule has 0 aromatic rings. The van der Waals surface area contributed by atoms with Gasteiger partial charge in [-0.15, -0.1) is 0 Å². The average Bonchev–Trinajstić information content (AvgIpc) is 2.40. The Bertz CT molecular complexity index is 207. The number of nitrogens with two attached hydrogens (primary N) is 1. The van der Waals surface area contributed by atoms with Gasteiger partial charge in [0.15, 0.2) is 0 Å². The minimum Gasteiger partial charge on any atom is -0.329 e. The zero-order chi connectivity index (χ0) is 11.7. The van der Waals surface area contributed by atoms with E-state index in [1.807, 2.05) is 18.9 Å². The molecule has 0 spiro atoms. The molecular weight excluding hydrogens is 207 g/mol. The maximum atomic E-state index is 12.1. The first-order valence-corrected chi connectivity index (χ1v) is 5.00. The highest BCUT2D eigenvalue weighted by Gasteiger charge is 2.41. The lowest BCUT2D eigenvalue weighted by Crippen LogP contribution is -2.55. The summed E-state index contributed by atoms with van der Waals surface area (Å²) in [5, 5.41) is 2.55. The molecule has 1 heterocycles. The van der Waals surface area contributed by atoms with Crippen LogP contribution >= 0.6 is 0 Å². The second-order valence-electron chi connectivity index (χ2n) is 4.42. The summed E-state index contributed by atoms with van der Waals surface area (Å²) in [5.41, 5.74) is 4.99. The Morgan fingerprint density at radius 1 is 1.53 bits per heavy atom. The molecule has 0 aliphatic carbocycles. The lowest BCUT2D eigenvalue weighted by Gasteiger charge is -2.29. The molecule has 0 bridgehead atoms. The molecule has 6 heteroatoms. The highest BCUT2D eigenvalue weighted by molar-refractivity contribution is 5.01. The summed E-state index contributed by atoms with van der Waals surface area (Å²) in [5.74, 6) is 0. The largest absolute Gasteiger partial charge is 0.401 e. The van der Waals surface area contributed by atoms with Gasteiger partial charge in [-0.2, -0.15) is 13.2 Å². The molecule has 0 saturated carbocycles. The molecule has 90 valence electrons. The second kappa shape index (κ2) is 4.27. The molecule has 1 rings (SSSR count). The number of halogens is 3. The number of rotatable bonds is 3. The van der Waals surface area contributed by atoms with Gasteiger partial charge in [0.2, 0.25) is 0 Å². The minimum absolute atomic E-state index is 0.234. The Hall–Kier alpha value is -0.330. The van der Waals surface area contributed by atoms with E-state index in [0.29, 0.717) is 13.0 Å². The highest BCUT2D eigenvalue weighted by atomic mass is 19.4. The molecule has 0 radical (unpaired) electrons. The number of likely N-dealkylation sites (tertiary alicyclic amines) is 1. The van der Waals surface area contributed by atoms with Gasteiger partial charge in [-0.3, -0.25) is 0 Å². The molecule has 0 amide bonds. The standard InChI is InChI=1S/C9H18F3N3/c1-7-3-8(4-13,6-15(7)2)14-5-9(10,11)12/h7,14H,3-6,13H2,1-2H3. The maximum Gasteiger partial charge on any atom is 0.401 e. The normalized spacial score (nSPS) is 33.6. The number of nitrogens with one attached hydrogen (secondary N) is 1. The van der Waals surface area contributed by atoms with Gasteiger partial charge in [0.1, 0.15) is 0 Å². The summed E-state index contributed by atoms with van der Waals surface area (Å²) >= 11 is 0. The Kier molecular flexibility index (Phi) is 3.63. The minimum atomic E-state index is -4.17. The van der Waals surface area contributed by atoms with Crippen LogP contribution in [0, 0.1) is 0 Å². The van der Waals surface area contributed by atoms with Crippen molar-refractivity contribution in [1.82, 2.24) is 10.2 Å². The van der Waals surface area contributed by atoms with Gasteiger partial charge in [-0.05, 0) is 20.4 Å². The quantitative estimate of drug-likeness (QED) is 0.737. The molecule has 0 aromatic heterocycles. The van der Waals surface area contributed by atoms with E-state index in [1.165, 1.54) is 0 Å². The third-order valence-corrected chi connectivity index (χ3v) is 3.05. The molecule has 1 saturated heterocycles. The summed E-state index contributed by atoms with van der Waals surface area (Å²) in [6.45, 7) is 1.83. The molecule has 2 unspecified atom stereocenters. The van der Waals surface area contributed by atoms with E-state index in [2.05, 4.69) is 5.32 Å². The smallest absolute Gasteiger partial charge is 0.329 e. The van der Waals surface area contributed by atoms with Gasteiger partial charge in [0.05, 0.1) is 6.54 Å². The SMILES string of the molecule is CC1CC(CN)(NCC(F)(F)F)CN1C. The molecule has 1 aliphatic rings. The third-order valence-electron chi connectivity index (χ3n) is 3.05. The van der Waals surface area contributed by atoms with Crippen molar-refractivity contribution in [2.24, 2.45) is 5.73 Å². The topological polar surface area (TPSA) is 41.3 Å². The van der Waals surface area contributed by atoms with Crippen LogP contribution in [-0.4, -0.2) is 49.3 Å². The summed E-state index contributed by atoms with van der Waals surface area (Å²) < 4.78 is 36.3. The fourth-order valence-corrected chi connectivity index (χ4v) is 2.05. The van der Waals surface area contributed by atoms with Gasteiger partial charge < -0.3 is 16.0 Å². The van der Waals surface area contributed by atoms with E-state index >= 15 is 0 Å². The lowest BCUT2D eigenvalue weighted by atomic mass is 9.96. The fraction of sp³-hybridized carbons (Fsp3) is 1.00. The van der Waals surface area contributed by atoms with Crippen molar-refractivity contribution in [1.29, 1.82) is 0 Å². The molecule has 3 nitrogen and oxygen atoms in total. The molecule has 3 N–H and O–H groups in total. The summed E-state index contributed by atoms with van der Waals surface area (Å²) in [7, 11) is 1.90. The number of hydrogen-bond donors (Lipinski definition) is 2. The Morgan fingerprint density at radius 2 is 2.13 bits per heavy atom. The summed E-state index contributed by atoms with van der Waals surface area (Å²) in [6, 6.07) is 0.272. The van der Waals surface area contributed by atoms with Crippen molar-refractivity contribution >= 4 is 0 Å². The van der Waals surface area contributed by atoms with Crippen molar-refractivity contribution < 1.29 is 13.2 Å². The van der Waals surface area contributed by atoms with E-state index in [-0.39, 0.29) is 12.6 Å². The third kappa shape index (κ3) is 3.32. The van der Waals surface area contributed by atoms with Crippen LogP contribution in [0.3, 0.4) is 0 Å². The predicted octanol–water partition coefficient (Wildman–Crippen LogP) is 0.560. The molecule has 2 atom stereocenters. The number of nitrogens with zero attached hydrogens (tertiary/aromatic N) is 1. The van der Waals surface area contributed by atoms with Crippen LogP contribution in [-0.2, 0) is 0 Å². The molecule has 1 fully saturated rings. The fourth-order valence-electron chi connectivity index (χ4n) is 2.05. The van der Waals surface area contributed by atoms with E-state index in [4.69, 9.17) is 5.73 Å². The van der Waals surface area contributed by atoms with Crippen molar-refractivity contribution in [3.63, 3.8) is 0 Å².